The molecule has 0 spiro atoms. The van der Waals surface area contributed by atoms with Crippen molar-refractivity contribution in [1.29, 1.82) is 0 Å². The van der Waals surface area contributed by atoms with E-state index in [0.717, 1.165) is 19.3 Å². The molecule has 1 aliphatic heterocycles. The molecule has 138 valence electrons. The molecule has 2 fully saturated rings. The molecule has 1 aromatic carbocycles. The molecule has 25 heavy (non-hydrogen) atoms. The van der Waals surface area contributed by atoms with Crippen molar-refractivity contribution in [3.63, 3.8) is 0 Å². The quantitative estimate of drug-likeness (QED) is 0.732. The van der Waals surface area contributed by atoms with Gasteiger partial charge in [0, 0.05) is 5.02 Å². The van der Waals surface area contributed by atoms with Gasteiger partial charge in [0.2, 0.25) is 0 Å². The smallest absolute Gasteiger partial charge is 0.339 e. The number of carboxylic acids is 2. The molecule has 0 radical (unpaired) electrons. The lowest BCUT2D eigenvalue weighted by molar-refractivity contribution is -0.141. The second kappa shape index (κ2) is 8.25. The van der Waals surface area contributed by atoms with Gasteiger partial charge in [-0.3, -0.25) is 4.79 Å². The molecule has 1 aliphatic carbocycles. The van der Waals surface area contributed by atoms with Crippen LogP contribution in [0.2, 0.25) is 5.02 Å². The second-order valence-electron chi connectivity index (χ2n) is 6.55. The van der Waals surface area contributed by atoms with Crippen LogP contribution in [0.1, 0.15) is 36.0 Å². The normalized spacial score (nSPS) is 28.4. The van der Waals surface area contributed by atoms with Crippen LogP contribution < -0.4 is 10.1 Å². The molecular weight excluding hydrogens is 369 g/mol. The van der Waals surface area contributed by atoms with E-state index in [1.165, 1.54) is 18.2 Å². The number of hydrogen-bond donors (Lipinski definition) is 3. The van der Waals surface area contributed by atoms with Crippen molar-refractivity contribution in [3.8, 4) is 5.75 Å². The molecule has 1 aromatic rings. The number of nitrogens with one attached hydrogen (secondary N) is 1. The molecule has 8 heteroatoms. The first kappa shape index (κ1) is 19.8. The Kier molecular flexibility index (Phi) is 6.54. The third kappa shape index (κ3) is 4.57. The number of carboxylic acid groups (broad SMARTS) is 2. The highest BCUT2D eigenvalue weighted by Gasteiger charge is 2.38. The fourth-order valence-electron chi connectivity index (χ4n) is 3.77. The Labute approximate surface area is 156 Å². The Balaban J connectivity index is 0.00000225. The summed E-state index contributed by atoms with van der Waals surface area (Å²) in [4.78, 5) is 22.5. The van der Waals surface area contributed by atoms with Crippen molar-refractivity contribution < 1.29 is 24.5 Å². The van der Waals surface area contributed by atoms with Gasteiger partial charge in [0.05, 0.1) is 6.10 Å². The van der Waals surface area contributed by atoms with Crippen LogP contribution in [0.4, 0.5) is 0 Å². The Morgan fingerprint density at radius 1 is 1.16 bits per heavy atom. The topological polar surface area (TPSA) is 95.9 Å². The zero-order chi connectivity index (χ0) is 17.3. The monoisotopic (exact) mass is 389 g/mol. The number of ether oxygens (including phenoxy) is 1. The van der Waals surface area contributed by atoms with Crippen molar-refractivity contribution in [3.05, 3.63) is 28.8 Å². The number of carbonyl (C=O) groups is 2. The summed E-state index contributed by atoms with van der Waals surface area (Å²) in [6.45, 7) is 0.714. The van der Waals surface area contributed by atoms with E-state index >= 15 is 0 Å². The largest absolute Gasteiger partial charge is 0.489 e. The predicted molar refractivity (Wildman–Crippen MR) is 94.9 cm³/mol. The van der Waals surface area contributed by atoms with Gasteiger partial charge in [0.1, 0.15) is 17.4 Å². The Hall–Kier alpha value is -1.50. The molecule has 1 saturated heterocycles. The fourth-order valence-corrected chi connectivity index (χ4v) is 3.93. The average molecular weight is 390 g/mol. The number of benzene rings is 1. The molecule has 6 nitrogen and oxygen atoms in total. The standard InChI is InChI=1S/C17H20ClNO5.ClH/c18-11-2-4-13(16(20)21)15(7-11)24-12-3-1-9-8-19-14(17(22)23)6-10(9)5-12;/h2,4,7,9-10,12,14,19H,1,3,5-6,8H2,(H,20,21)(H,22,23);1H. The van der Waals surface area contributed by atoms with E-state index in [-0.39, 0.29) is 35.7 Å². The zero-order valence-electron chi connectivity index (χ0n) is 13.5. The van der Waals surface area contributed by atoms with Gasteiger partial charge in [-0.1, -0.05) is 11.6 Å². The molecule has 1 saturated carbocycles. The molecular formula is C17H21Cl2NO5. The Morgan fingerprint density at radius 2 is 1.92 bits per heavy atom. The van der Waals surface area contributed by atoms with Crippen LogP contribution in [-0.2, 0) is 4.79 Å². The highest BCUT2D eigenvalue weighted by molar-refractivity contribution is 6.30. The Morgan fingerprint density at radius 3 is 2.60 bits per heavy atom. The molecule has 1 heterocycles. The molecule has 0 amide bonds. The van der Waals surface area contributed by atoms with Crippen LogP contribution in [0.15, 0.2) is 18.2 Å². The Bertz CT molecular complexity index is 654. The van der Waals surface area contributed by atoms with Crippen molar-refractivity contribution >= 4 is 35.9 Å². The van der Waals surface area contributed by atoms with Crippen molar-refractivity contribution in [2.75, 3.05) is 6.54 Å². The minimum Gasteiger partial charge on any atom is -0.489 e. The number of hydrogen-bond acceptors (Lipinski definition) is 4. The summed E-state index contributed by atoms with van der Waals surface area (Å²) < 4.78 is 5.94. The SMILES string of the molecule is Cl.O=C(O)c1ccc(Cl)cc1OC1CCC2CNC(C(=O)O)CC2C1. The summed E-state index contributed by atoms with van der Waals surface area (Å²) >= 11 is 5.96. The van der Waals surface area contributed by atoms with E-state index in [9.17, 15) is 19.8 Å². The minimum absolute atomic E-state index is 0. The highest BCUT2D eigenvalue weighted by atomic mass is 35.5. The number of fused-ring (bicyclic) bond motifs is 1. The van der Waals surface area contributed by atoms with Crippen LogP contribution in [0.25, 0.3) is 0 Å². The van der Waals surface area contributed by atoms with E-state index in [0.29, 0.717) is 23.9 Å². The summed E-state index contributed by atoms with van der Waals surface area (Å²) in [6.07, 6.45) is 2.97. The maximum atomic E-state index is 11.3. The maximum absolute atomic E-state index is 11.3. The summed E-state index contributed by atoms with van der Waals surface area (Å²) in [5.41, 5.74) is 0.0928. The summed E-state index contributed by atoms with van der Waals surface area (Å²) in [5.74, 6) is -0.859. The lowest BCUT2D eigenvalue weighted by Crippen LogP contribution is -2.50. The van der Waals surface area contributed by atoms with Gasteiger partial charge in [-0.05, 0) is 62.3 Å². The van der Waals surface area contributed by atoms with Gasteiger partial charge >= 0.3 is 11.9 Å². The number of aliphatic carboxylic acids is 1. The van der Waals surface area contributed by atoms with Crippen molar-refractivity contribution in [2.45, 2.75) is 37.8 Å². The van der Waals surface area contributed by atoms with Crippen LogP contribution >= 0.6 is 24.0 Å². The first-order valence-corrected chi connectivity index (χ1v) is 8.47. The van der Waals surface area contributed by atoms with E-state index in [1.807, 2.05) is 0 Å². The van der Waals surface area contributed by atoms with Gasteiger partial charge in [-0.25, -0.2) is 4.79 Å². The highest BCUT2D eigenvalue weighted by Crippen LogP contribution is 2.38. The summed E-state index contributed by atoms with van der Waals surface area (Å²) in [5, 5.41) is 22.0. The van der Waals surface area contributed by atoms with Gasteiger partial charge in [-0.15, -0.1) is 12.4 Å². The van der Waals surface area contributed by atoms with E-state index in [4.69, 9.17) is 16.3 Å². The van der Waals surface area contributed by atoms with Crippen LogP contribution in [0.3, 0.4) is 0 Å². The second-order valence-corrected chi connectivity index (χ2v) is 6.99. The fraction of sp³-hybridized carbons (Fsp3) is 0.529. The molecule has 0 aromatic heterocycles. The average Bonchev–Trinajstić information content (AvgIpc) is 2.54. The third-order valence-electron chi connectivity index (χ3n) is 5.02. The lowest BCUT2D eigenvalue weighted by Gasteiger charge is -2.41. The first-order valence-electron chi connectivity index (χ1n) is 8.09. The summed E-state index contributed by atoms with van der Waals surface area (Å²) in [7, 11) is 0. The molecule has 3 rings (SSSR count). The van der Waals surface area contributed by atoms with Crippen LogP contribution in [-0.4, -0.2) is 40.8 Å². The molecule has 0 bridgehead atoms. The minimum atomic E-state index is -1.05. The number of rotatable bonds is 4. The maximum Gasteiger partial charge on any atom is 0.339 e. The van der Waals surface area contributed by atoms with E-state index in [1.54, 1.807) is 0 Å². The molecule has 4 unspecified atom stereocenters. The molecule has 3 N–H and O–H groups in total. The van der Waals surface area contributed by atoms with E-state index < -0.39 is 18.0 Å². The zero-order valence-corrected chi connectivity index (χ0v) is 15.1. The number of halogens is 2. The van der Waals surface area contributed by atoms with Crippen molar-refractivity contribution in [2.24, 2.45) is 11.8 Å². The molecule has 4 atom stereocenters. The number of piperidine rings is 1. The first-order chi connectivity index (χ1) is 11.4. The predicted octanol–water partition coefficient (Wildman–Crippen LogP) is 3.07. The van der Waals surface area contributed by atoms with Gasteiger partial charge in [0.15, 0.2) is 0 Å². The van der Waals surface area contributed by atoms with Crippen LogP contribution in [0, 0.1) is 11.8 Å². The molecule has 2 aliphatic rings. The van der Waals surface area contributed by atoms with E-state index in [2.05, 4.69) is 5.32 Å². The van der Waals surface area contributed by atoms with Crippen LogP contribution in [0.5, 0.6) is 5.75 Å². The third-order valence-corrected chi connectivity index (χ3v) is 5.26. The van der Waals surface area contributed by atoms with Gasteiger partial charge in [-0.2, -0.15) is 0 Å². The lowest BCUT2D eigenvalue weighted by atomic mass is 9.72. The van der Waals surface area contributed by atoms with Crippen molar-refractivity contribution in [1.82, 2.24) is 5.32 Å². The van der Waals surface area contributed by atoms with Gasteiger partial charge in [0.25, 0.3) is 0 Å². The van der Waals surface area contributed by atoms with Gasteiger partial charge < -0.3 is 20.3 Å². The number of aromatic carboxylic acids is 1. The summed E-state index contributed by atoms with van der Waals surface area (Å²) in [6, 6.07) is 3.99.